The van der Waals surface area contributed by atoms with Gasteiger partial charge in [0.15, 0.2) is 0 Å². The molecule has 1 aromatic rings. The van der Waals surface area contributed by atoms with Crippen molar-refractivity contribution in [2.45, 2.75) is 6.42 Å². The van der Waals surface area contributed by atoms with Gasteiger partial charge in [-0.2, -0.15) is 0 Å². The lowest BCUT2D eigenvalue weighted by atomic mass is 10.2. The minimum Gasteiger partial charge on any atom is -0.395 e. The van der Waals surface area contributed by atoms with Gasteiger partial charge in [0.05, 0.1) is 19.8 Å². The lowest BCUT2D eigenvalue weighted by Crippen LogP contribution is -2.19. The second-order valence-electron chi connectivity index (χ2n) is 3.95. The summed E-state index contributed by atoms with van der Waals surface area (Å²) in [6.07, 6.45) is 0.456. The van der Waals surface area contributed by atoms with Crippen LogP contribution < -0.4 is 5.32 Å². The van der Waals surface area contributed by atoms with Gasteiger partial charge in [-0.25, -0.2) is 0 Å². The molecule has 0 spiro atoms. The molecule has 20 heavy (non-hydrogen) atoms. The summed E-state index contributed by atoms with van der Waals surface area (Å²) in [6, 6.07) is 7.17. The normalized spacial score (nSPS) is 9.70. The Morgan fingerprint density at radius 1 is 1.30 bits per heavy atom. The van der Waals surface area contributed by atoms with E-state index < -0.39 is 0 Å². The van der Waals surface area contributed by atoms with Gasteiger partial charge in [-0.05, 0) is 24.3 Å². The molecule has 5 heteroatoms. The summed E-state index contributed by atoms with van der Waals surface area (Å²) in [4.78, 5) is 11.5. The van der Waals surface area contributed by atoms with E-state index >= 15 is 0 Å². The lowest BCUT2D eigenvalue weighted by Gasteiger charge is -2.06. The van der Waals surface area contributed by atoms with Gasteiger partial charge < -0.3 is 19.9 Å². The van der Waals surface area contributed by atoms with Gasteiger partial charge in [-0.3, -0.25) is 4.79 Å². The number of ether oxygens (including phenoxy) is 2. The maximum absolute atomic E-state index is 11.5. The Balaban J connectivity index is 2.37. The average molecular weight is 277 g/mol. The standard InChI is InChI=1S/C15H19NO4/c1-19-10-11-20-12-15(18)16-14-7-5-13(6-8-14)4-2-3-9-17/h5-8,17H,3,9-12H2,1H3,(H,16,18). The molecule has 1 amide bonds. The number of aliphatic hydroxyl groups is 1. The molecular formula is C15H19NO4. The first-order valence-corrected chi connectivity index (χ1v) is 6.32. The number of hydrogen-bond acceptors (Lipinski definition) is 4. The topological polar surface area (TPSA) is 67.8 Å². The Hall–Kier alpha value is -1.87. The molecule has 108 valence electrons. The molecular weight excluding hydrogens is 258 g/mol. The van der Waals surface area contributed by atoms with E-state index in [0.29, 0.717) is 25.3 Å². The largest absolute Gasteiger partial charge is 0.395 e. The molecule has 0 aliphatic heterocycles. The van der Waals surface area contributed by atoms with E-state index in [0.717, 1.165) is 5.56 Å². The highest BCUT2D eigenvalue weighted by atomic mass is 16.5. The first-order valence-electron chi connectivity index (χ1n) is 6.32. The zero-order valence-electron chi connectivity index (χ0n) is 11.5. The van der Waals surface area contributed by atoms with Gasteiger partial charge in [0.1, 0.15) is 6.61 Å². The molecule has 1 aromatic carbocycles. The van der Waals surface area contributed by atoms with Crippen molar-refractivity contribution in [3.05, 3.63) is 29.8 Å². The van der Waals surface area contributed by atoms with E-state index in [1.807, 2.05) is 12.1 Å². The number of carbonyl (C=O) groups excluding carboxylic acids is 1. The van der Waals surface area contributed by atoms with Crippen LogP contribution in [0.25, 0.3) is 0 Å². The molecule has 0 heterocycles. The van der Waals surface area contributed by atoms with Crippen LogP contribution in [0, 0.1) is 11.8 Å². The molecule has 0 radical (unpaired) electrons. The van der Waals surface area contributed by atoms with Crippen LogP contribution in [-0.4, -0.2) is 44.6 Å². The van der Waals surface area contributed by atoms with Crippen LogP contribution >= 0.6 is 0 Å². The number of carbonyl (C=O) groups is 1. The van der Waals surface area contributed by atoms with Crippen LogP contribution in [0.4, 0.5) is 5.69 Å². The third kappa shape index (κ3) is 6.90. The van der Waals surface area contributed by atoms with Crippen LogP contribution in [0.15, 0.2) is 24.3 Å². The van der Waals surface area contributed by atoms with Crippen molar-refractivity contribution in [3.8, 4) is 11.8 Å². The number of methoxy groups -OCH3 is 1. The number of benzene rings is 1. The highest BCUT2D eigenvalue weighted by Gasteiger charge is 2.02. The van der Waals surface area contributed by atoms with Crippen molar-refractivity contribution in [1.82, 2.24) is 0 Å². The van der Waals surface area contributed by atoms with Gasteiger partial charge in [0, 0.05) is 24.8 Å². The average Bonchev–Trinajstić information content (AvgIpc) is 2.46. The summed E-state index contributed by atoms with van der Waals surface area (Å²) in [6.45, 7) is 0.920. The summed E-state index contributed by atoms with van der Waals surface area (Å²) < 4.78 is 9.92. The van der Waals surface area contributed by atoms with Crippen molar-refractivity contribution < 1.29 is 19.4 Å². The van der Waals surface area contributed by atoms with Gasteiger partial charge in [-0.1, -0.05) is 11.8 Å². The van der Waals surface area contributed by atoms with E-state index in [1.165, 1.54) is 0 Å². The molecule has 0 saturated heterocycles. The second kappa shape index (κ2) is 9.98. The molecule has 0 saturated carbocycles. The SMILES string of the molecule is COCCOCC(=O)Nc1ccc(C#CCCO)cc1. The Kier molecular flexibility index (Phi) is 8.08. The van der Waals surface area contributed by atoms with Crippen LogP contribution in [0.1, 0.15) is 12.0 Å². The van der Waals surface area contributed by atoms with Gasteiger partial charge in [0.2, 0.25) is 5.91 Å². The number of aliphatic hydroxyl groups excluding tert-OH is 1. The van der Waals surface area contributed by atoms with Crippen molar-refractivity contribution in [2.75, 3.05) is 38.9 Å². The quantitative estimate of drug-likeness (QED) is 0.577. The van der Waals surface area contributed by atoms with Crippen molar-refractivity contribution >= 4 is 11.6 Å². The smallest absolute Gasteiger partial charge is 0.250 e. The van der Waals surface area contributed by atoms with Gasteiger partial charge in [-0.15, -0.1) is 0 Å². The molecule has 0 aliphatic carbocycles. The summed E-state index contributed by atoms with van der Waals surface area (Å²) in [5, 5.41) is 11.3. The fourth-order valence-corrected chi connectivity index (χ4v) is 1.36. The predicted molar refractivity (Wildman–Crippen MR) is 76.3 cm³/mol. The number of anilines is 1. The van der Waals surface area contributed by atoms with E-state index in [2.05, 4.69) is 17.2 Å². The Bertz CT molecular complexity index is 459. The van der Waals surface area contributed by atoms with Gasteiger partial charge in [0.25, 0.3) is 0 Å². The zero-order chi connectivity index (χ0) is 14.6. The fraction of sp³-hybridized carbons (Fsp3) is 0.400. The number of nitrogens with one attached hydrogen (secondary N) is 1. The van der Waals surface area contributed by atoms with Crippen LogP contribution in [0.5, 0.6) is 0 Å². The Morgan fingerprint density at radius 3 is 2.70 bits per heavy atom. The molecule has 0 unspecified atom stereocenters. The minimum atomic E-state index is -0.208. The minimum absolute atomic E-state index is 0.00141. The fourth-order valence-electron chi connectivity index (χ4n) is 1.36. The summed E-state index contributed by atoms with van der Waals surface area (Å²) in [5.74, 6) is 5.54. The Morgan fingerprint density at radius 2 is 2.05 bits per heavy atom. The zero-order valence-corrected chi connectivity index (χ0v) is 11.5. The highest BCUT2D eigenvalue weighted by Crippen LogP contribution is 2.08. The van der Waals surface area contributed by atoms with Crippen LogP contribution in [0.3, 0.4) is 0 Å². The monoisotopic (exact) mass is 277 g/mol. The maximum Gasteiger partial charge on any atom is 0.250 e. The van der Waals surface area contributed by atoms with Crippen molar-refractivity contribution in [1.29, 1.82) is 0 Å². The van der Waals surface area contributed by atoms with E-state index in [4.69, 9.17) is 14.6 Å². The van der Waals surface area contributed by atoms with Crippen LogP contribution in [-0.2, 0) is 14.3 Å². The van der Waals surface area contributed by atoms with E-state index in [9.17, 15) is 4.79 Å². The molecule has 0 aliphatic rings. The third-order valence-electron chi connectivity index (χ3n) is 2.30. The lowest BCUT2D eigenvalue weighted by molar-refractivity contribution is -0.121. The summed E-state index contributed by atoms with van der Waals surface area (Å²) in [7, 11) is 1.58. The van der Waals surface area contributed by atoms with Gasteiger partial charge >= 0.3 is 0 Å². The molecule has 0 atom stereocenters. The summed E-state index contributed by atoms with van der Waals surface area (Å²) >= 11 is 0. The number of rotatable bonds is 7. The second-order valence-corrected chi connectivity index (χ2v) is 3.95. The molecule has 0 bridgehead atoms. The maximum atomic E-state index is 11.5. The third-order valence-corrected chi connectivity index (χ3v) is 2.30. The highest BCUT2D eigenvalue weighted by molar-refractivity contribution is 5.91. The molecule has 0 fully saturated rings. The first kappa shape index (κ1) is 16.2. The van der Waals surface area contributed by atoms with Crippen molar-refractivity contribution in [3.63, 3.8) is 0 Å². The predicted octanol–water partition coefficient (Wildman–Crippen LogP) is 1.02. The molecule has 0 aromatic heterocycles. The number of hydrogen-bond donors (Lipinski definition) is 2. The van der Waals surface area contributed by atoms with Crippen molar-refractivity contribution in [2.24, 2.45) is 0 Å². The summed E-state index contributed by atoms with van der Waals surface area (Å²) in [5.41, 5.74) is 1.53. The Labute approximate surface area is 118 Å². The molecule has 2 N–H and O–H groups in total. The first-order chi connectivity index (χ1) is 9.76. The van der Waals surface area contributed by atoms with E-state index in [-0.39, 0.29) is 19.1 Å². The molecule has 1 rings (SSSR count). The molecule has 5 nitrogen and oxygen atoms in total. The number of amides is 1. The van der Waals surface area contributed by atoms with Crippen LogP contribution in [0.2, 0.25) is 0 Å². The van der Waals surface area contributed by atoms with E-state index in [1.54, 1.807) is 19.2 Å².